The highest BCUT2D eigenvalue weighted by molar-refractivity contribution is 5.92. The van der Waals surface area contributed by atoms with Crippen molar-refractivity contribution in [1.29, 1.82) is 0 Å². The van der Waals surface area contributed by atoms with E-state index in [1.807, 2.05) is 6.07 Å². The molecule has 0 unspecified atom stereocenters. The Balaban J connectivity index is 1.73. The molecule has 0 radical (unpaired) electrons. The van der Waals surface area contributed by atoms with Gasteiger partial charge < -0.3 is 10.2 Å². The van der Waals surface area contributed by atoms with Crippen molar-refractivity contribution in [2.24, 2.45) is 0 Å². The molecule has 1 fully saturated rings. The first-order valence-electron chi connectivity index (χ1n) is 8.19. The topological polar surface area (TPSA) is 64.3 Å². The molecule has 1 aromatic heterocycles. The zero-order chi connectivity index (χ0) is 16.2. The van der Waals surface area contributed by atoms with Gasteiger partial charge in [-0.15, -0.1) is 0 Å². The van der Waals surface area contributed by atoms with Gasteiger partial charge in [0.2, 0.25) is 0 Å². The van der Waals surface area contributed by atoms with Crippen molar-refractivity contribution in [3.8, 4) is 0 Å². The highest BCUT2D eigenvalue weighted by Gasteiger charge is 2.19. The summed E-state index contributed by atoms with van der Waals surface area (Å²) in [6.45, 7) is 15.6. The van der Waals surface area contributed by atoms with Gasteiger partial charge in [-0.2, -0.15) is 5.10 Å². The van der Waals surface area contributed by atoms with Crippen molar-refractivity contribution in [2.75, 3.05) is 45.8 Å². The van der Waals surface area contributed by atoms with Crippen LogP contribution in [0.25, 0.3) is 0 Å². The van der Waals surface area contributed by atoms with E-state index in [4.69, 9.17) is 0 Å². The first-order valence-corrected chi connectivity index (χ1v) is 8.19. The van der Waals surface area contributed by atoms with Crippen LogP contribution in [0.2, 0.25) is 0 Å². The molecule has 0 saturated carbocycles. The molecule has 0 spiro atoms. The fourth-order valence-corrected chi connectivity index (χ4v) is 2.57. The van der Waals surface area contributed by atoms with E-state index >= 15 is 0 Å². The maximum Gasteiger partial charge on any atom is 0.271 e. The van der Waals surface area contributed by atoms with Crippen molar-refractivity contribution < 1.29 is 4.79 Å². The fraction of sp³-hybridized carbons (Fsp3) is 0.750. The van der Waals surface area contributed by atoms with Crippen molar-refractivity contribution in [3.63, 3.8) is 0 Å². The third-order valence-electron chi connectivity index (χ3n) is 4.24. The Hall–Kier alpha value is -1.40. The van der Waals surface area contributed by atoms with Crippen LogP contribution < -0.4 is 5.32 Å². The summed E-state index contributed by atoms with van der Waals surface area (Å²) >= 11 is 0. The largest absolute Gasteiger partial charge is 0.349 e. The molecular formula is C16H29N5O. The number of piperazine rings is 1. The summed E-state index contributed by atoms with van der Waals surface area (Å²) in [5.41, 5.74) is 1.43. The van der Waals surface area contributed by atoms with E-state index in [-0.39, 0.29) is 11.3 Å². The third kappa shape index (κ3) is 4.55. The van der Waals surface area contributed by atoms with Gasteiger partial charge in [0.25, 0.3) is 5.91 Å². The van der Waals surface area contributed by atoms with E-state index < -0.39 is 0 Å². The second kappa shape index (κ2) is 7.24. The molecule has 1 saturated heterocycles. The minimum Gasteiger partial charge on any atom is -0.349 e. The molecule has 0 atom stereocenters. The summed E-state index contributed by atoms with van der Waals surface area (Å²) in [7, 11) is 0. The SMILES string of the molecule is CCN1CCN(CCNC(=O)c2cc(C(C)(C)C)[nH]n2)CC1. The lowest BCUT2D eigenvalue weighted by Gasteiger charge is -2.33. The maximum atomic E-state index is 12.1. The number of aromatic amines is 1. The van der Waals surface area contributed by atoms with E-state index in [1.165, 1.54) is 0 Å². The average molecular weight is 307 g/mol. The van der Waals surface area contributed by atoms with E-state index in [0.717, 1.165) is 45.0 Å². The molecule has 6 nitrogen and oxygen atoms in total. The van der Waals surface area contributed by atoms with E-state index in [0.29, 0.717) is 12.2 Å². The Morgan fingerprint density at radius 3 is 2.45 bits per heavy atom. The number of hydrogen-bond acceptors (Lipinski definition) is 4. The highest BCUT2D eigenvalue weighted by Crippen LogP contribution is 2.20. The van der Waals surface area contributed by atoms with E-state index in [9.17, 15) is 4.79 Å². The molecule has 1 aliphatic heterocycles. The molecule has 6 heteroatoms. The summed E-state index contributed by atoms with van der Waals surface area (Å²) in [6.07, 6.45) is 0. The van der Waals surface area contributed by atoms with Gasteiger partial charge in [0.1, 0.15) is 5.69 Å². The first kappa shape index (κ1) is 17.0. The van der Waals surface area contributed by atoms with Crippen LogP contribution in [0.3, 0.4) is 0 Å². The minimum absolute atomic E-state index is 0.0233. The molecule has 0 bridgehead atoms. The standard InChI is InChI=1S/C16H29N5O/c1-5-20-8-10-21(11-9-20)7-6-17-15(22)13-12-14(19-18-13)16(2,3)4/h12H,5-11H2,1-4H3,(H,17,22)(H,18,19). The Kier molecular flexibility index (Phi) is 5.58. The minimum atomic E-state index is -0.0982. The molecule has 0 aromatic carbocycles. The fourth-order valence-electron chi connectivity index (χ4n) is 2.57. The number of carbonyl (C=O) groups excluding carboxylic acids is 1. The quantitative estimate of drug-likeness (QED) is 0.854. The van der Waals surface area contributed by atoms with Gasteiger partial charge in [-0.3, -0.25) is 14.8 Å². The molecule has 2 N–H and O–H groups in total. The predicted molar refractivity (Wildman–Crippen MR) is 88.2 cm³/mol. The summed E-state index contributed by atoms with van der Waals surface area (Å²) in [4.78, 5) is 17.0. The monoisotopic (exact) mass is 307 g/mol. The van der Waals surface area contributed by atoms with Gasteiger partial charge in [0.05, 0.1) is 0 Å². The lowest BCUT2D eigenvalue weighted by Crippen LogP contribution is -2.48. The van der Waals surface area contributed by atoms with Crippen LogP contribution in [0.15, 0.2) is 6.07 Å². The van der Waals surface area contributed by atoms with Crippen molar-refractivity contribution in [2.45, 2.75) is 33.1 Å². The van der Waals surface area contributed by atoms with Gasteiger partial charge in [-0.25, -0.2) is 0 Å². The molecule has 22 heavy (non-hydrogen) atoms. The number of rotatable bonds is 5. The van der Waals surface area contributed by atoms with Gasteiger partial charge in [0.15, 0.2) is 0 Å². The number of aromatic nitrogens is 2. The molecule has 0 aliphatic carbocycles. The van der Waals surface area contributed by atoms with Crippen LogP contribution in [-0.2, 0) is 5.41 Å². The van der Waals surface area contributed by atoms with Crippen LogP contribution in [0.4, 0.5) is 0 Å². The Bertz CT molecular complexity index is 483. The second-order valence-electron chi connectivity index (χ2n) is 6.95. The van der Waals surface area contributed by atoms with E-state index in [2.05, 4.69) is 53.0 Å². The van der Waals surface area contributed by atoms with Crippen molar-refractivity contribution in [1.82, 2.24) is 25.3 Å². The molecule has 1 aromatic rings. The van der Waals surface area contributed by atoms with Crippen molar-refractivity contribution in [3.05, 3.63) is 17.5 Å². The summed E-state index contributed by atoms with van der Waals surface area (Å²) < 4.78 is 0. The van der Waals surface area contributed by atoms with Crippen LogP contribution in [0.5, 0.6) is 0 Å². The van der Waals surface area contributed by atoms with Crippen LogP contribution in [-0.4, -0.2) is 71.7 Å². The average Bonchev–Trinajstić information content (AvgIpc) is 2.98. The molecular weight excluding hydrogens is 278 g/mol. The number of likely N-dealkylation sites (N-methyl/N-ethyl adjacent to an activating group) is 1. The summed E-state index contributed by atoms with van der Waals surface area (Å²) in [5, 5.41) is 10.0. The Morgan fingerprint density at radius 2 is 1.91 bits per heavy atom. The number of carbonyl (C=O) groups is 1. The normalized spacial score (nSPS) is 17.6. The smallest absolute Gasteiger partial charge is 0.271 e. The van der Waals surface area contributed by atoms with Crippen LogP contribution >= 0.6 is 0 Å². The van der Waals surface area contributed by atoms with Crippen molar-refractivity contribution >= 4 is 5.91 Å². The maximum absolute atomic E-state index is 12.1. The molecule has 124 valence electrons. The zero-order valence-electron chi connectivity index (χ0n) is 14.3. The zero-order valence-corrected chi connectivity index (χ0v) is 14.3. The highest BCUT2D eigenvalue weighted by atomic mass is 16.1. The predicted octanol–water partition coefficient (Wildman–Crippen LogP) is 1.07. The molecule has 1 aliphatic rings. The van der Waals surface area contributed by atoms with E-state index in [1.54, 1.807) is 0 Å². The van der Waals surface area contributed by atoms with Gasteiger partial charge in [-0.05, 0) is 12.6 Å². The summed E-state index contributed by atoms with van der Waals surface area (Å²) in [5.74, 6) is -0.0982. The second-order valence-corrected chi connectivity index (χ2v) is 6.95. The Labute approximate surface area is 133 Å². The first-order chi connectivity index (χ1) is 10.4. The Morgan fingerprint density at radius 1 is 1.27 bits per heavy atom. The van der Waals surface area contributed by atoms with Gasteiger partial charge in [-0.1, -0.05) is 27.7 Å². The number of amides is 1. The lowest BCUT2D eigenvalue weighted by atomic mass is 9.92. The lowest BCUT2D eigenvalue weighted by molar-refractivity contribution is 0.0933. The number of nitrogens with zero attached hydrogens (tertiary/aromatic N) is 3. The molecule has 2 rings (SSSR count). The summed E-state index contributed by atoms with van der Waals surface area (Å²) in [6, 6.07) is 1.84. The number of H-pyrrole nitrogens is 1. The molecule has 1 amide bonds. The van der Waals surface area contributed by atoms with Crippen LogP contribution in [0, 0.1) is 0 Å². The molecule has 2 heterocycles. The van der Waals surface area contributed by atoms with Gasteiger partial charge in [0, 0.05) is 50.4 Å². The number of nitrogens with one attached hydrogen (secondary N) is 2. The van der Waals surface area contributed by atoms with Gasteiger partial charge >= 0.3 is 0 Å². The number of hydrogen-bond donors (Lipinski definition) is 2. The third-order valence-corrected chi connectivity index (χ3v) is 4.24. The van der Waals surface area contributed by atoms with Crippen LogP contribution in [0.1, 0.15) is 43.9 Å².